The number of nitrogens with one attached hydrogen (secondary N) is 1. The van der Waals surface area contributed by atoms with E-state index in [4.69, 9.17) is 27.4 Å². The number of carboxylic acid groups (broad SMARTS) is 1. The fourth-order valence-corrected chi connectivity index (χ4v) is 2.24. The van der Waals surface area contributed by atoms with Crippen LogP contribution in [0.3, 0.4) is 0 Å². The van der Waals surface area contributed by atoms with Crippen molar-refractivity contribution in [1.29, 1.82) is 0 Å². The summed E-state index contributed by atoms with van der Waals surface area (Å²) in [6.07, 6.45) is 12.7. The van der Waals surface area contributed by atoms with Crippen LogP contribution in [0, 0.1) is 5.92 Å². The Morgan fingerprint density at radius 2 is 1.55 bits per heavy atom. The molecule has 9 nitrogen and oxygen atoms in total. The van der Waals surface area contributed by atoms with Crippen LogP contribution in [0.2, 0.25) is 0 Å². The Kier molecular flexibility index (Phi) is 23.5. The molecular formula is C18H36NNaO8S. The van der Waals surface area contributed by atoms with Gasteiger partial charge in [0, 0.05) is 0 Å². The first-order valence-electron chi connectivity index (χ1n) is 9.57. The predicted octanol–water partition coefficient (Wildman–Crippen LogP) is 1.33. The average molecular weight is 450 g/mol. The molecule has 0 spiro atoms. The van der Waals surface area contributed by atoms with Gasteiger partial charge >= 0.3 is 52.0 Å². The third kappa shape index (κ3) is 27.4. The van der Waals surface area contributed by atoms with Gasteiger partial charge in [0.2, 0.25) is 0 Å². The Hall–Kier alpha value is -0.650. The minimum Gasteiger partial charge on any atom is -1.00 e. The molecule has 0 aromatic heterocycles. The first-order valence-corrected chi connectivity index (χ1v) is 11.0. The van der Waals surface area contributed by atoms with Crippen molar-refractivity contribution < 1.29 is 67.9 Å². The summed E-state index contributed by atoms with van der Waals surface area (Å²) in [5.41, 5.74) is 0. The molecule has 0 aliphatic carbocycles. The van der Waals surface area contributed by atoms with E-state index < -0.39 is 28.5 Å². The van der Waals surface area contributed by atoms with E-state index in [9.17, 15) is 9.59 Å². The van der Waals surface area contributed by atoms with Gasteiger partial charge in [-0.1, -0.05) is 65.7 Å². The molecule has 0 unspecified atom stereocenters. The summed E-state index contributed by atoms with van der Waals surface area (Å²) in [7, 11) is -4.67. The zero-order chi connectivity index (χ0) is 22.0. The van der Waals surface area contributed by atoms with Gasteiger partial charge in [-0.05, 0) is 24.8 Å². The molecule has 29 heavy (non-hydrogen) atoms. The fraction of sp³-hybridized carbons (Fsp3) is 0.778. The standard InChI is InChI=1S/C18H33NO4.Na.H2O4S.H/c1-4-6-7-8-9-10-11-12-13-14-23-18(22)19-16(17(20)21)15(3)5-2;;1-5(2,3)4;/h13-16H,4-12H2,1-3H3,(H,19,22)(H,20,21);;(H2,1,2,3,4);/q;+1;;-1/t15-,16-;;;/m0.../s1. The van der Waals surface area contributed by atoms with Gasteiger partial charge in [-0.15, -0.1) is 0 Å². The topological polar surface area (TPSA) is 150 Å². The molecule has 0 saturated heterocycles. The molecule has 0 heterocycles. The SMILES string of the molecule is CCCCCCCCCC=COC(=O)N[C@H](C(=O)O)[C@@H](C)CC.O=S(=O)(O)O.[H-].[Na+]. The number of ether oxygens (including phenoxy) is 1. The van der Waals surface area contributed by atoms with Crippen LogP contribution < -0.4 is 34.9 Å². The number of hydrogen-bond acceptors (Lipinski definition) is 5. The van der Waals surface area contributed by atoms with E-state index >= 15 is 0 Å². The summed E-state index contributed by atoms with van der Waals surface area (Å²) in [6.45, 7) is 5.88. The molecule has 0 aliphatic heterocycles. The predicted molar refractivity (Wildman–Crippen MR) is 108 cm³/mol. The van der Waals surface area contributed by atoms with Crippen molar-refractivity contribution in [3.8, 4) is 0 Å². The fourth-order valence-electron chi connectivity index (χ4n) is 2.24. The second-order valence-electron chi connectivity index (χ2n) is 6.48. The van der Waals surface area contributed by atoms with Crippen LogP contribution in [-0.4, -0.2) is 40.7 Å². The van der Waals surface area contributed by atoms with Gasteiger partial charge in [0.1, 0.15) is 6.04 Å². The molecule has 0 aliphatic rings. The third-order valence-electron chi connectivity index (χ3n) is 4.00. The van der Waals surface area contributed by atoms with Crippen LogP contribution in [0.5, 0.6) is 0 Å². The van der Waals surface area contributed by atoms with Gasteiger partial charge in [0.15, 0.2) is 0 Å². The van der Waals surface area contributed by atoms with Crippen LogP contribution in [-0.2, 0) is 19.9 Å². The Labute approximate surface area is 198 Å². The average Bonchev–Trinajstić information content (AvgIpc) is 2.59. The van der Waals surface area contributed by atoms with E-state index in [-0.39, 0.29) is 36.9 Å². The molecule has 0 fully saturated rings. The molecular weight excluding hydrogens is 413 g/mol. The Morgan fingerprint density at radius 1 is 1.07 bits per heavy atom. The zero-order valence-corrected chi connectivity index (χ0v) is 20.8. The van der Waals surface area contributed by atoms with Crippen molar-refractivity contribution in [1.82, 2.24) is 5.32 Å². The maximum Gasteiger partial charge on any atom is 1.00 e. The van der Waals surface area contributed by atoms with E-state index in [1.165, 1.54) is 44.8 Å². The number of alkyl carbamates (subject to hydrolysis) is 1. The van der Waals surface area contributed by atoms with Crippen molar-refractivity contribution in [2.24, 2.45) is 5.92 Å². The van der Waals surface area contributed by atoms with Gasteiger partial charge in [0.25, 0.3) is 0 Å². The normalized spacial score (nSPS) is 12.9. The molecule has 168 valence electrons. The number of carbonyl (C=O) groups is 2. The summed E-state index contributed by atoms with van der Waals surface area (Å²) in [6, 6.07) is -0.913. The zero-order valence-electron chi connectivity index (χ0n) is 19.0. The summed E-state index contributed by atoms with van der Waals surface area (Å²) in [5.74, 6) is -1.18. The molecule has 0 aromatic carbocycles. The molecule has 1 amide bonds. The number of carboxylic acids is 1. The second-order valence-corrected chi connectivity index (χ2v) is 7.38. The van der Waals surface area contributed by atoms with Crippen molar-refractivity contribution in [2.75, 3.05) is 0 Å². The van der Waals surface area contributed by atoms with Crippen molar-refractivity contribution >= 4 is 22.5 Å². The largest absolute Gasteiger partial charge is 1.00 e. The number of carbonyl (C=O) groups excluding carboxylic acids is 1. The Bertz CT molecular complexity index is 552. The van der Waals surface area contributed by atoms with Gasteiger partial charge in [-0.25, -0.2) is 9.59 Å². The molecule has 0 aromatic rings. The van der Waals surface area contributed by atoms with Crippen LogP contribution >= 0.6 is 0 Å². The third-order valence-corrected chi connectivity index (χ3v) is 4.00. The van der Waals surface area contributed by atoms with Crippen molar-refractivity contribution in [2.45, 2.75) is 84.6 Å². The number of hydrogen-bond donors (Lipinski definition) is 4. The molecule has 0 bridgehead atoms. The number of allylic oxidation sites excluding steroid dienone is 1. The minimum absolute atomic E-state index is 0. The van der Waals surface area contributed by atoms with E-state index in [2.05, 4.69) is 12.2 Å². The molecule has 0 radical (unpaired) electrons. The summed E-state index contributed by atoms with van der Waals surface area (Å²) in [5, 5.41) is 11.5. The Morgan fingerprint density at radius 3 is 2.00 bits per heavy atom. The van der Waals surface area contributed by atoms with Crippen LogP contribution in [0.15, 0.2) is 12.3 Å². The van der Waals surface area contributed by atoms with Crippen LogP contribution in [0.25, 0.3) is 0 Å². The molecule has 4 N–H and O–H groups in total. The van der Waals surface area contributed by atoms with Gasteiger partial charge in [-0.3, -0.25) is 9.11 Å². The maximum absolute atomic E-state index is 11.6. The minimum atomic E-state index is -4.67. The van der Waals surface area contributed by atoms with Crippen LogP contribution in [0.1, 0.15) is 80.0 Å². The summed E-state index contributed by atoms with van der Waals surface area (Å²) >= 11 is 0. The van der Waals surface area contributed by atoms with Gasteiger partial charge < -0.3 is 16.6 Å². The van der Waals surface area contributed by atoms with Crippen molar-refractivity contribution in [3.05, 3.63) is 12.3 Å². The van der Waals surface area contributed by atoms with Gasteiger partial charge in [0.05, 0.1) is 6.26 Å². The van der Waals surface area contributed by atoms with E-state index in [0.717, 1.165) is 12.8 Å². The maximum atomic E-state index is 11.6. The van der Waals surface area contributed by atoms with Crippen molar-refractivity contribution in [3.63, 3.8) is 0 Å². The smallest absolute Gasteiger partial charge is 1.00 e. The van der Waals surface area contributed by atoms with Gasteiger partial charge in [-0.2, -0.15) is 8.42 Å². The Balaban J connectivity index is -0.000000429. The first-order chi connectivity index (χ1) is 13.0. The van der Waals surface area contributed by atoms with Crippen LogP contribution in [0.4, 0.5) is 4.79 Å². The number of rotatable bonds is 13. The molecule has 11 heteroatoms. The second kappa shape index (κ2) is 20.6. The monoisotopic (exact) mass is 449 g/mol. The molecule has 2 atom stereocenters. The number of aliphatic carboxylic acids is 1. The quantitative estimate of drug-likeness (QED) is 0.142. The van der Waals surface area contributed by atoms with E-state index in [0.29, 0.717) is 6.42 Å². The molecule has 0 saturated carbocycles. The molecule has 0 rings (SSSR count). The summed E-state index contributed by atoms with van der Waals surface area (Å²) in [4.78, 5) is 22.7. The first kappa shape index (κ1) is 33.0. The number of amides is 1. The number of unbranched alkanes of at least 4 members (excludes halogenated alkanes) is 7. The van der Waals surface area contributed by atoms with E-state index in [1.54, 1.807) is 6.92 Å². The van der Waals surface area contributed by atoms with E-state index in [1.807, 2.05) is 13.0 Å². The summed E-state index contributed by atoms with van der Waals surface area (Å²) < 4.78 is 36.5.